The summed E-state index contributed by atoms with van der Waals surface area (Å²) in [5, 5.41) is 11.4. The molecule has 3 nitrogen and oxygen atoms in total. The summed E-state index contributed by atoms with van der Waals surface area (Å²) in [5.74, 6) is 0.0413. The van der Waals surface area contributed by atoms with Gasteiger partial charge >= 0.3 is 0 Å². The van der Waals surface area contributed by atoms with Crippen molar-refractivity contribution >= 4 is 29.1 Å². The second-order valence-corrected chi connectivity index (χ2v) is 5.66. The molecule has 0 aliphatic heterocycles. The summed E-state index contributed by atoms with van der Waals surface area (Å²) in [6.07, 6.45) is 2.30. The predicted molar refractivity (Wildman–Crippen MR) is 65.3 cm³/mol. The Hall–Kier alpha value is -0.250. The van der Waals surface area contributed by atoms with E-state index >= 15 is 0 Å². The minimum absolute atomic E-state index is 0.00860. The van der Waals surface area contributed by atoms with Crippen molar-refractivity contribution in [1.29, 1.82) is 0 Å². The monoisotopic (exact) mass is 265 g/mol. The first kappa shape index (κ1) is 13.8. The molecule has 1 amide bonds. The zero-order chi connectivity index (χ0) is 12.3. The van der Waals surface area contributed by atoms with Crippen LogP contribution < -0.4 is 5.32 Å². The fourth-order valence-corrected chi connectivity index (χ4v) is 2.30. The van der Waals surface area contributed by atoms with Crippen molar-refractivity contribution in [2.24, 2.45) is 17.3 Å². The Balaban J connectivity index is 2.49. The fraction of sp³-hybridized carbons (Fsp3) is 0.727. The summed E-state index contributed by atoms with van der Waals surface area (Å²) in [5.41, 5.74) is -0.0850. The van der Waals surface area contributed by atoms with Crippen LogP contribution in [-0.4, -0.2) is 24.2 Å². The number of carbonyl (C=O) groups is 1. The number of carbonyl (C=O) groups excluding carboxylic acids is 1. The van der Waals surface area contributed by atoms with E-state index in [0.29, 0.717) is 13.0 Å². The normalized spacial score (nSPS) is 26.1. The SMILES string of the molecule is CC1(C)C(C=C(Cl)Cl)C1C(=O)NCCCO. The molecule has 0 aromatic heterocycles. The van der Waals surface area contributed by atoms with Gasteiger partial charge in [-0.3, -0.25) is 4.79 Å². The van der Waals surface area contributed by atoms with E-state index in [4.69, 9.17) is 28.3 Å². The maximum atomic E-state index is 11.8. The van der Waals surface area contributed by atoms with Crippen LogP contribution in [0.25, 0.3) is 0 Å². The summed E-state index contributed by atoms with van der Waals surface area (Å²) in [7, 11) is 0. The smallest absolute Gasteiger partial charge is 0.224 e. The second kappa shape index (κ2) is 5.39. The molecule has 1 rings (SSSR count). The van der Waals surface area contributed by atoms with Crippen LogP contribution in [0.15, 0.2) is 10.6 Å². The Bertz CT molecular complexity index is 298. The van der Waals surface area contributed by atoms with Crippen LogP contribution in [-0.2, 0) is 4.79 Å². The summed E-state index contributed by atoms with van der Waals surface area (Å²) in [4.78, 5) is 11.8. The fourth-order valence-electron chi connectivity index (χ4n) is 2.03. The molecule has 0 saturated heterocycles. The molecule has 1 aliphatic carbocycles. The predicted octanol–water partition coefficient (Wildman–Crippen LogP) is 2.08. The number of allylic oxidation sites excluding steroid dienone is 1. The van der Waals surface area contributed by atoms with E-state index in [1.807, 2.05) is 13.8 Å². The number of hydrogen-bond acceptors (Lipinski definition) is 2. The van der Waals surface area contributed by atoms with E-state index in [1.165, 1.54) is 0 Å². The Morgan fingerprint density at radius 2 is 2.12 bits per heavy atom. The average Bonchev–Trinajstić information content (AvgIpc) is 2.67. The van der Waals surface area contributed by atoms with Crippen molar-refractivity contribution < 1.29 is 9.90 Å². The highest BCUT2D eigenvalue weighted by molar-refractivity contribution is 6.55. The van der Waals surface area contributed by atoms with Crippen molar-refractivity contribution in [3.05, 3.63) is 10.6 Å². The zero-order valence-corrected chi connectivity index (χ0v) is 11.0. The highest BCUT2D eigenvalue weighted by Gasteiger charge is 2.60. The molecule has 0 aromatic rings. The van der Waals surface area contributed by atoms with Gasteiger partial charge in [-0.15, -0.1) is 0 Å². The lowest BCUT2D eigenvalue weighted by Crippen LogP contribution is -2.28. The molecule has 16 heavy (non-hydrogen) atoms. The number of aliphatic hydroxyl groups excluding tert-OH is 1. The number of aliphatic hydroxyl groups is 1. The molecule has 0 aromatic carbocycles. The van der Waals surface area contributed by atoms with Crippen LogP contribution >= 0.6 is 23.2 Å². The Kier molecular flexibility index (Phi) is 4.65. The zero-order valence-electron chi connectivity index (χ0n) is 9.46. The largest absolute Gasteiger partial charge is 0.396 e. The molecular weight excluding hydrogens is 249 g/mol. The standard InChI is InChI=1S/C11H17Cl2NO2/c1-11(2)7(6-8(12)13)9(11)10(16)14-4-3-5-15/h6-7,9,15H,3-5H2,1-2H3,(H,14,16). The number of nitrogens with one attached hydrogen (secondary N) is 1. The lowest BCUT2D eigenvalue weighted by molar-refractivity contribution is -0.123. The van der Waals surface area contributed by atoms with Gasteiger partial charge in [0.05, 0.1) is 5.92 Å². The van der Waals surface area contributed by atoms with Crippen molar-refractivity contribution in [3.63, 3.8) is 0 Å². The highest BCUT2D eigenvalue weighted by atomic mass is 35.5. The molecule has 5 heteroatoms. The van der Waals surface area contributed by atoms with Gasteiger partial charge in [0.25, 0.3) is 0 Å². The van der Waals surface area contributed by atoms with E-state index in [9.17, 15) is 4.79 Å². The van der Waals surface area contributed by atoms with Crippen LogP contribution in [0.4, 0.5) is 0 Å². The Morgan fingerprint density at radius 3 is 2.62 bits per heavy atom. The quantitative estimate of drug-likeness (QED) is 0.748. The minimum atomic E-state index is -0.0850. The molecular formula is C11H17Cl2NO2. The molecule has 2 N–H and O–H groups in total. The molecule has 2 unspecified atom stereocenters. The van der Waals surface area contributed by atoms with Crippen molar-refractivity contribution in [3.8, 4) is 0 Å². The molecule has 1 saturated carbocycles. The molecule has 0 spiro atoms. The van der Waals surface area contributed by atoms with E-state index in [2.05, 4.69) is 5.32 Å². The molecule has 0 radical (unpaired) electrons. The molecule has 0 heterocycles. The van der Waals surface area contributed by atoms with Gasteiger partial charge in [-0.2, -0.15) is 0 Å². The number of halogens is 2. The second-order valence-electron chi connectivity index (χ2n) is 4.65. The maximum Gasteiger partial charge on any atom is 0.224 e. The van der Waals surface area contributed by atoms with E-state index < -0.39 is 0 Å². The van der Waals surface area contributed by atoms with Crippen molar-refractivity contribution in [2.45, 2.75) is 20.3 Å². The summed E-state index contributed by atoms with van der Waals surface area (Å²) in [6, 6.07) is 0. The van der Waals surface area contributed by atoms with E-state index in [-0.39, 0.29) is 34.3 Å². The first-order valence-corrected chi connectivity index (χ1v) is 6.08. The van der Waals surface area contributed by atoms with Crippen LogP contribution in [0.1, 0.15) is 20.3 Å². The van der Waals surface area contributed by atoms with Crippen LogP contribution in [0, 0.1) is 17.3 Å². The molecule has 92 valence electrons. The van der Waals surface area contributed by atoms with Gasteiger partial charge in [-0.1, -0.05) is 37.0 Å². The van der Waals surface area contributed by atoms with Crippen LogP contribution in [0.5, 0.6) is 0 Å². The number of rotatable bonds is 5. The third-order valence-corrected chi connectivity index (χ3v) is 3.38. The first-order valence-electron chi connectivity index (χ1n) is 5.32. The molecule has 1 fully saturated rings. The minimum Gasteiger partial charge on any atom is -0.396 e. The number of hydrogen-bond donors (Lipinski definition) is 2. The topological polar surface area (TPSA) is 49.3 Å². The lowest BCUT2D eigenvalue weighted by atomic mass is 10.1. The van der Waals surface area contributed by atoms with Gasteiger partial charge in [0.15, 0.2) is 0 Å². The third kappa shape index (κ3) is 3.12. The highest BCUT2D eigenvalue weighted by Crippen LogP contribution is 2.59. The Morgan fingerprint density at radius 1 is 1.50 bits per heavy atom. The average molecular weight is 266 g/mol. The first-order chi connectivity index (χ1) is 7.41. The third-order valence-electron chi connectivity index (χ3n) is 3.13. The van der Waals surface area contributed by atoms with Crippen molar-refractivity contribution in [1.82, 2.24) is 5.32 Å². The van der Waals surface area contributed by atoms with Gasteiger partial charge < -0.3 is 10.4 Å². The molecule has 0 bridgehead atoms. The number of amides is 1. The summed E-state index contributed by atoms with van der Waals surface area (Å²) < 4.78 is 0.212. The Labute approximate surface area is 106 Å². The summed E-state index contributed by atoms with van der Waals surface area (Å²) >= 11 is 11.2. The van der Waals surface area contributed by atoms with Crippen LogP contribution in [0.2, 0.25) is 0 Å². The summed E-state index contributed by atoms with van der Waals surface area (Å²) in [6.45, 7) is 4.63. The van der Waals surface area contributed by atoms with Gasteiger partial charge in [0.2, 0.25) is 5.91 Å². The van der Waals surface area contributed by atoms with E-state index in [0.717, 1.165) is 0 Å². The van der Waals surface area contributed by atoms with Crippen LogP contribution in [0.3, 0.4) is 0 Å². The molecule has 2 atom stereocenters. The van der Waals surface area contributed by atoms with Crippen molar-refractivity contribution in [2.75, 3.05) is 13.2 Å². The van der Waals surface area contributed by atoms with Gasteiger partial charge in [-0.25, -0.2) is 0 Å². The molecule has 1 aliphatic rings. The van der Waals surface area contributed by atoms with E-state index in [1.54, 1.807) is 6.08 Å². The van der Waals surface area contributed by atoms with Gasteiger partial charge in [-0.05, 0) is 23.8 Å². The van der Waals surface area contributed by atoms with Gasteiger partial charge in [0, 0.05) is 13.2 Å². The van der Waals surface area contributed by atoms with Gasteiger partial charge in [0.1, 0.15) is 4.49 Å². The lowest BCUT2D eigenvalue weighted by Gasteiger charge is -2.04. The maximum absolute atomic E-state index is 11.8.